The lowest BCUT2D eigenvalue weighted by Crippen LogP contribution is -2.50. The van der Waals surface area contributed by atoms with E-state index in [1.165, 1.54) is 0 Å². The Hall–Kier alpha value is -0.890. The van der Waals surface area contributed by atoms with Crippen LogP contribution >= 0.6 is 0 Å². The molecule has 1 saturated heterocycles. The maximum Gasteiger partial charge on any atom is 0.244 e. The lowest BCUT2D eigenvalue weighted by Gasteiger charge is -2.36. The zero-order valence-corrected chi connectivity index (χ0v) is 13.8. The van der Waals surface area contributed by atoms with E-state index in [0.717, 1.165) is 13.1 Å². The van der Waals surface area contributed by atoms with Crippen molar-refractivity contribution >= 4 is 10.0 Å². The molecule has 2 heterocycles. The summed E-state index contributed by atoms with van der Waals surface area (Å²) < 4.78 is 28.7. The molecule has 0 radical (unpaired) electrons. The maximum atomic E-state index is 12.7. The Labute approximate surface area is 127 Å². The standard InChI is InChI=1S/C14H25N3O3S/c1-4-15-10-14(9-13(15)11-18)21(19,20)17-7-5-16(6-8-17)12(2)3/h9-10,12,18H,4-8,11H2,1-3H3. The molecule has 0 saturated carbocycles. The van der Waals surface area contributed by atoms with Gasteiger partial charge in [-0.25, -0.2) is 8.42 Å². The molecule has 0 atom stereocenters. The molecule has 0 bridgehead atoms. The predicted molar refractivity (Wildman–Crippen MR) is 81.5 cm³/mol. The minimum atomic E-state index is -3.46. The molecule has 1 aromatic rings. The lowest BCUT2D eigenvalue weighted by atomic mass is 10.3. The number of aromatic nitrogens is 1. The van der Waals surface area contributed by atoms with E-state index in [2.05, 4.69) is 18.7 Å². The quantitative estimate of drug-likeness (QED) is 0.869. The normalized spacial score (nSPS) is 18.5. The van der Waals surface area contributed by atoms with Crippen molar-refractivity contribution in [3.05, 3.63) is 18.0 Å². The van der Waals surface area contributed by atoms with Crippen LogP contribution in [-0.4, -0.2) is 59.5 Å². The molecule has 2 rings (SSSR count). The van der Waals surface area contributed by atoms with Crippen LogP contribution in [-0.2, 0) is 23.2 Å². The fraction of sp³-hybridized carbons (Fsp3) is 0.714. The van der Waals surface area contributed by atoms with Gasteiger partial charge in [-0.3, -0.25) is 4.90 Å². The third-order valence-corrected chi connectivity index (χ3v) is 5.97. The summed E-state index contributed by atoms with van der Waals surface area (Å²) in [7, 11) is -3.46. The van der Waals surface area contributed by atoms with E-state index in [1.54, 1.807) is 21.1 Å². The molecule has 0 aromatic carbocycles. The first-order chi connectivity index (χ1) is 9.90. The molecule has 0 unspecified atom stereocenters. The molecule has 6 nitrogen and oxygen atoms in total. The molecule has 21 heavy (non-hydrogen) atoms. The van der Waals surface area contributed by atoms with E-state index in [4.69, 9.17) is 0 Å². The number of hydrogen-bond acceptors (Lipinski definition) is 4. The molecule has 0 spiro atoms. The highest BCUT2D eigenvalue weighted by atomic mass is 32.2. The van der Waals surface area contributed by atoms with Crippen molar-refractivity contribution in [2.45, 2.75) is 44.9 Å². The highest BCUT2D eigenvalue weighted by Gasteiger charge is 2.30. The summed E-state index contributed by atoms with van der Waals surface area (Å²) in [6.07, 6.45) is 1.62. The van der Waals surface area contributed by atoms with Crippen LogP contribution in [0.15, 0.2) is 17.2 Å². The number of rotatable bonds is 5. The second-order valence-electron chi connectivity index (χ2n) is 5.65. The van der Waals surface area contributed by atoms with Crippen LogP contribution in [0.4, 0.5) is 0 Å². The van der Waals surface area contributed by atoms with Gasteiger partial charge >= 0.3 is 0 Å². The number of aliphatic hydroxyl groups is 1. The van der Waals surface area contributed by atoms with Gasteiger partial charge in [-0.15, -0.1) is 0 Å². The molecule has 1 aliphatic rings. The molecular formula is C14H25N3O3S. The number of hydrogen-bond donors (Lipinski definition) is 1. The zero-order valence-electron chi connectivity index (χ0n) is 13.0. The SMILES string of the molecule is CCn1cc(S(=O)(=O)N2CCN(C(C)C)CC2)cc1CO. The predicted octanol–water partition coefficient (Wildman–Crippen LogP) is 0.715. The average Bonchev–Trinajstić information content (AvgIpc) is 2.91. The van der Waals surface area contributed by atoms with Crippen molar-refractivity contribution in [3.63, 3.8) is 0 Å². The summed E-state index contributed by atoms with van der Waals surface area (Å²) >= 11 is 0. The van der Waals surface area contributed by atoms with E-state index >= 15 is 0 Å². The lowest BCUT2D eigenvalue weighted by molar-refractivity contribution is 0.154. The van der Waals surface area contributed by atoms with Gasteiger partial charge in [-0.1, -0.05) is 0 Å². The first-order valence-corrected chi connectivity index (χ1v) is 8.88. The molecule has 1 aromatic heterocycles. The minimum Gasteiger partial charge on any atom is -0.390 e. The van der Waals surface area contributed by atoms with Crippen molar-refractivity contribution in [2.75, 3.05) is 26.2 Å². The van der Waals surface area contributed by atoms with Crippen LogP contribution in [0.1, 0.15) is 26.5 Å². The first kappa shape index (κ1) is 16.5. The Morgan fingerprint density at radius 1 is 1.24 bits per heavy atom. The summed E-state index contributed by atoms with van der Waals surface area (Å²) in [5, 5.41) is 9.30. The molecule has 7 heteroatoms. The van der Waals surface area contributed by atoms with Gasteiger partial charge in [0.1, 0.15) is 4.90 Å². The Balaban J connectivity index is 2.17. The Morgan fingerprint density at radius 3 is 2.29 bits per heavy atom. The number of sulfonamides is 1. The first-order valence-electron chi connectivity index (χ1n) is 7.44. The average molecular weight is 315 g/mol. The van der Waals surface area contributed by atoms with Gasteiger partial charge in [0, 0.05) is 50.7 Å². The summed E-state index contributed by atoms with van der Waals surface area (Å²) in [6, 6.07) is 2.02. The van der Waals surface area contributed by atoms with Crippen LogP contribution < -0.4 is 0 Å². The number of piperazine rings is 1. The molecule has 120 valence electrons. The van der Waals surface area contributed by atoms with Gasteiger partial charge in [0.2, 0.25) is 10.0 Å². The van der Waals surface area contributed by atoms with Crippen molar-refractivity contribution in [1.82, 2.24) is 13.8 Å². The van der Waals surface area contributed by atoms with Crippen molar-refractivity contribution in [1.29, 1.82) is 0 Å². The topological polar surface area (TPSA) is 65.8 Å². The highest BCUT2D eigenvalue weighted by molar-refractivity contribution is 7.89. The van der Waals surface area contributed by atoms with Crippen molar-refractivity contribution < 1.29 is 13.5 Å². The molecule has 0 aliphatic carbocycles. The molecular weight excluding hydrogens is 290 g/mol. The summed E-state index contributed by atoms with van der Waals surface area (Å²) in [4.78, 5) is 2.56. The number of aryl methyl sites for hydroxylation is 1. The van der Waals surface area contributed by atoms with E-state index in [1.807, 2.05) is 6.92 Å². The zero-order chi connectivity index (χ0) is 15.6. The Kier molecular flexibility index (Phi) is 5.08. The third-order valence-electron chi connectivity index (χ3n) is 4.10. The second-order valence-corrected chi connectivity index (χ2v) is 7.58. The monoisotopic (exact) mass is 315 g/mol. The summed E-state index contributed by atoms with van der Waals surface area (Å²) in [5.41, 5.74) is 0.636. The smallest absolute Gasteiger partial charge is 0.244 e. The van der Waals surface area contributed by atoms with Crippen LogP contribution in [0.25, 0.3) is 0 Å². The second kappa shape index (κ2) is 6.48. The molecule has 1 aliphatic heterocycles. The van der Waals surface area contributed by atoms with Crippen LogP contribution in [0.3, 0.4) is 0 Å². The molecule has 1 N–H and O–H groups in total. The van der Waals surface area contributed by atoms with Crippen LogP contribution in [0.2, 0.25) is 0 Å². The summed E-state index contributed by atoms with van der Waals surface area (Å²) in [6.45, 7) is 9.24. The van der Waals surface area contributed by atoms with Gasteiger partial charge in [0.05, 0.1) is 6.61 Å². The highest BCUT2D eigenvalue weighted by Crippen LogP contribution is 2.21. The number of aliphatic hydroxyl groups excluding tert-OH is 1. The largest absolute Gasteiger partial charge is 0.390 e. The summed E-state index contributed by atoms with van der Waals surface area (Å²) in [5.74, 6) is 0. The van der Waals surface area contributed by atoms with E-state index in [9.17, 15) is 13.5 Å². The minimum absolute atomic E-state index is 0.148. The van der Waals surface area contributed by atoms with Crippen LogP contribution in [0.5, 0.6) is 0 Å². The van der Waals surface area contributed by atoms with Gasteiger partial charge in [0.25, 0.3) is 0 Å². The van der Waals surface area contributed by atoms with Crippen molar-refractivity contribution in [2.24, 2.45) is 0 Å². The fourth-order valence-electron chi connectivity index (χ4n) is 2.70. The van der Waals surface area contributed by atoms with Gasteiger partial charge < -0.3 is 9.67 Å². The molecule has 1 fully saturated rings. The van der Waals surface area contributed by atoms with E-state index in [-0.39, 0.29) is 11.5 Å². The number of nitrogens with zero attached hydrogens (tertiary/aromatic N) is 3. The van der Waals surface area contributed by atoms with E-state index in [0.29, 0.717) is 31.4 Å². The third kappa shape index (κ3) is 3.31. The van der Waals surface area contributed by atoms with Crippen LogP contribution in [0, 0.1) is 0 Å². The van der Waals surface area contributed by atoms with Gasteiger partial charge in [-0.2, -0.15) is 4.31 Å². The maximum absolute atomic E-state index is 12.7. The Bertz CT molecular complexity index is 551. The van der Waals surface area contributed by atoms with Crippen molar-refractivity contribution in [3.8, 4) is 0 Å². The van der Waals surface area contributed by atoms with E-state index < -0.39 is 10.0 Å². The van der Waals surface area contributed by atoms with Gasteiger partial charge in [0.15, 0.2) is 0 Å². The fourth-order valence-corrected chi connectivity index (χ4v) is 4.19. The van der Waals surface area contributed by atoms with Gasteiger partial charge in [-0.05, 0) is 26.8 Å². The molecule has 0 amide bonds. The Morgan fingerprint density at radius 2 is 1.86 bits per heavy atom.